The van der Waals surface area contributed by atoms with Crippen LogP contribution < -0.4 is 10.1 Å². The summed E-state index contributed by atoms with van der Waals surface area (Å²) in [4.78, 5) is 17.5. The van der Waals surface area contributed by atoms with Crippen molar-refractivity contribution < 1.29 is 9.53 Å². The largest absolute Gasteiger partial charge is 0.497 e. The number of fused-ring (bicyclic) bond motifs is 3. The second kappa shape index (κ2) is 9.30. The molecule has 1 N–H and O–H groups in total. The average molecular weight is 456 g/mol. The summed E-state index contributed by atoms with van der Waals surface area (Å²) in [7, 11) is 1.61. The summed E-state index contributed by atoms with van der Waals surface area (Å²) in [6, 6.07) is 25.3. The van der Waals surface area contributed by atoms with Gasteiger partial charge < -0.3 is 10.1 Å². The fourth-order valence-corrected chi connectivity index (χ4v) is 4.37. The van der Waals surface area contributed by atoms with Crippen molar-refractivity contribution in [3.05, 3.63) is 90.3 Å². The smallest absolute Gasteiger partial charge is 0.234 e. The van der Waals surface area contributed by atoms with Crippen LogP contribution in [0.2, 0.25) is 0 Å². The second-order valence-electron chi connectivity index (χ2n) is 7.41. The van der Waals surface area contributed by atoms with Gasteiger partial charge in [-0.2, -0.15) is 0 Å². The molecule has 0 spiro atoms. The summed E-state index contributed by atoms with van der Waals surface area (Å²) >= 11 is 1.34. The number of rotatable bonds is 7. The molecule has 1 amide bonds. The van der Waals surface area contributed by atoms with Gasteiger partial charge in [0.25, 0.3) is 0 Å². The van der Waals surface area contributed by atoms with Crippen LogP contribution in [-0.2, 0) is 11.2 Å². The fraction of sp³-hybridized carbons (Fsp3) is 0.120. The van der Waals surface area contributed by atoms with Crippen molar-refractivity contribution in [2.75, 3.05) is 18.2 Å². The van der Waals surface area contributed by atoms with E-state index in [1.54, 1.807) is 19.2 Å². The van der Waals surface area contributed by atoms with E-state index in [4.69, 9.17) is 9.72 Å². The molecular weight excluding hydrogens is 434 g/mol. The normalized spacial score (nSPS) is 11.1. The van der Waals surface area contributed by atoms with Crippen LogP contribution in [0.1, 0.15) is 11.4 Å². The van der Waals surface area contributed by atoms with Crippen LogP contribution in [0.25, 0.3) is 16.6 Å². The van der Waals surface area contributed by atoms with E-state index in [9.17, 15) is 4.79 Å². The number of ether oxygens (including phenoxy) is 1. The topological polar surface area (TPSA) is 81.4 Å². The maximum absolute atomic E-state index is 12.6. The van der Waals surface area contributed by atoms with Crippen LogP contribution in [0.4, 0.5) is 5.69 Å². The fourth-order valence-electron chi connectivity index (χ4n) is 3.62. The first-order valence-corrected chi connectivity index (χ1v) is 11.4. The molecule has 2 heterocycles. The summed E-state index contributed by atoms with van der Waals surface area (Å²) in [5, 5.41) is 13.3. The Balaban J connectivity index is 1.42. The lowest BCUT2D eigenvalue weighted by molar-refractivity contribution is -0.113. The average Bonchev–Trinajstić information content (AvgIpc) is 3.29. The van der Waals surface area contributed by atoms with Gasteiger partial charge in [-0.1, -0.05) is 54.2 Å². The number of para-hydroxylation sites is 1. The monoisotopic (exact) mass is 455 g/mol. The van der Waals surface area contributed by atoms with Gasteiger partial charge in [0.2, 0.25) is 5.91 Å². The van der Waals surface area contributed by atoms with E-state index in [-0.39, 0.29) is 11.7 Å². The van der Waals surface area contributed by atoms with Crippen molar-refractivity contribution in [1.82, 2.24) is 19.6 Å². The first-order chi connectivity index (χ1) is 16.2. The molecule has 8 heteroatoms. The van der Waals surface area contributed by atoms with Gasteiger partial charge >= 0.3 is 0 Å². The lowest BCUT2D eigenvalue weighted by Crippen LogP contribution is -2.14. The molecule has 3 aromatic carbocycles. The third-order valence-corrected chi connectivity index (χ3v) is 6.13. The SMILES string of the molecule is COc1ccc(NC(=O)CSc2nnc3c4ccccc4nc(Cc4ccccc4)n23)cc1. The minimum atomic E-state index is -0.125. The lowest BCUT2D eigenvalue weighted by Gasteiger charge is -2.10. The highest BCUT2D eigenvalue weighted by atomic mass is 32.2. The first kappa shape index (κ1) is 21.0. The molecule has 0 saturated carbocycles. The zero-order valence-corrected chi connectivity index (χ0v) is 18.7. The Morgan fingerprint density at radius 3 is 2.52 bits per heavy atom. The van der Waals surface area contributed by atoms with E-state index < -0.39 is 0 Å². The van der Waals surface area contributed by atoms with Gasteiger partial charge in [-0.05, 0) is 42.0 Å². The Hall–Kier alpha value is -3.91. The predicted molar refractivity (Wildman–Crippen MR) is 130 cm³/mol. The third-order valence-electron chi connectivity index (χ3n) is 5.20. The van der Waals surface area contributed by atoms with Crippen molar-refractivity contribution in [2.24, 2.45) is 0 Å². The number of methoxy groups -OCH3 is 1. The van der Waals surface area contributed by atoms with E-state index in [2.05, 4.69) is 27.6 Å². The van der Waals surface area contributed by atoms with E-state index in [0.717, 1.165) is 33.7 Å². The van der Waals surface area contributed by atoms with E-state index >= 15 is 0 Å². The summed E-state index contributed by atoms with van der Waals surface area (Å²) in [5.74, 6) is 1.64. The zero-order valence-electron chi connectivity index (χ0n) is 17.9. The standard InChI is InChI=1S/C25H21N5O2S/c1-32-19-13-11-18(12-14-19)26-23(31)16-33-25-29-28-24-20-9-5-6-10-21(20)27-22(30(24)25)15-17-7-3-2-4-8-17/h2-14H,15-16H2,1H3,(H,26,31). The minimum Gasteiger partial charge on any atom is -0.497 e. The quantitative estimate of drug-likeness (QED) is 0.361. The predicted octanol–water partition coefficient (Wildman–Crippen LogP) is 4.61. The first-order valence-electron chi connectivity index (χ1n) is 10.4. The molecule has 7 nitrogen and oxygen atoms in total. The van der Waals surface area contributed by atoms with Crippen LogP contribution >= 0.6 is 11.8 Å². The lowest BCUT2D eigenvalue weighted by atomic mass is 10.1. The number of carbonyl (C=O) groups excluding carboxylic acids is 1. The molecule has 0 unspecified atom stereocenters. The van der Waals surface area contributed by atoms with Gasteiger partial charge in [0.05, 0.1) is 18.4 Å². The van der Waals surface area contributed by atoms with Crippen molar-refractivity contribution in [1.29, 1.82) is 0 Å². The molecule has 0 aliphatic heterocycles. The number of nitrogens with one attached hydrogen (secondary N) is 1. The van der Waals surface area contributed by atoms with Crippen molar-refractivity contribution in [3.8, 4) is 5.75 Å². The van der Waals surface area contributed by atoms with Crippen LogP contribution in [0.15, 0.2) is 84.0 Å². The van der Waals surface area contributed by atoms with Gasteiger partial charge in [0, 0.05) is 17.5 Å². The van der Waals surface area contributed by atoms with Gasteiger partial charge in [-0.15, -0.1) is 10.2 Å². The van der Waals surface area contributed by atoms with Crippen LogP contribution in [-0.4, -0.2) is 38.4 Å². The van der Waals surface area contributed by atoms with Gasteiger partial charge in [0.1, 0.15) is 11.6 Å². The maximum Gasteiger partial charge on any atom is 0.234 e. The number of nitrogens with zero attached hydrogens (tertiary/aromatic N) is 4. The highest BCUT2D eigenvalue weighted by Crippen LogP contribution is 2.25. The molecular formula is C25H21N5O2S. The van der Waals surface area contributed by atoms with Gasteiger partial charge in [-0.3, -0.25) is 9.20 Å². The molecule has 0 saturated heterocycles. The molecule has 0 aliphatic carbocycles. The Bertz CT molecular complexity index is 1420. The number of amides is 1. The van der Waals surface area contributed by atoms with Crippen LogP contribution in [0.3, 0.4) is 0 Å². The number of hydrogen-bond acceptors (Lipinski definition) is 6. The zero-order chi connectivity index (χ0) is 22.6. The highest BCUT2D eigenvalue weighted by molar-refractivity contribution is 7.99. The van der Waals surface area contributed by atoms with E-state index in [1.165, 1.54) is 11.8 Å². The number of hydrogen-bond donors (Lipinski definition) is 1. The summed E-state index contributed by atoms with van der Waals surface area (Å²) in [6.07, 6.45) is 0.631. The molecule has 0 fully saturated rings. The molecule has 0 bridgehead atoms. The van der Waals surface area contributed by atoms with E-state index in [0.29, 0.717) is 17.3 Å². The number of thioether (sulfide) groups is 1. The molecule has 33 heavy (non-hydrogen) atoms. The molecule has 0 radical (unpaired) electrons. The maximum atomic E-state index is 12.6. The van der Waals surface area contributed by atoms with Crippen molar-refractivity contribution in [2.45, 2.75) is 11.6 Å². The number of benzene rings is 3. The summed E-state index contributed by atoms with van der Waals surface area (Å²) in [5.41, 5.74) is 3.47. The minimum absolute atomic E-state index is 0.125. The number of carbonyl (C=O) groups is 1. The highest BCUT2D eigenvalue weighted by Gasteiger charge is 2.17. The Kier molecular flexibility index (Phi) is 5.91. The van der Waals surface area contributed by atoms with Crippen molar-refractivity contribution in [3.63, 3.8) is 0 Å². The Morgan fingerprint density at radius 1 is 0.970 bits per heavy atom. The molecule has 2 aromatic heterocycles. The molecule has 5 rings (SSSR count). The summed E-state index contributed by atoms with van der Waals surface area (Å²) < 4.78 is 7.11. The van der Waals surface area contributed by atoms with Crippen molar-refractivity contribution >= 4 is 39.9 Å². The van der Waals surface area contributed by atoms with Crippen LogP contribution in [0, 0.1) is 0 Å². The Labute approximate surface area is 194 Å². The third kappa shape index (κ3) is 4.51. The summed E-state index contributed by atoms with van der Waals surface area (Å²) in [6.45, 7) is 0. The Morgan fingerprint density at radius 2 is 1.73 bits per heavy atom. The second-order valence-corrected chi connectivity index (χ2v) is 8.36. The molecule has 164 valence electrons. The van der Waals surface area contributed by atoms with E-state index in [1.807, 2.05) is 59.0 Å². The number of anilines is 1. The van der Waals surface area contributed by atoms with Crippen LogP contribution in [0.5, 0.6) is 5.75 Å². The van der Waals surface area contributed by atoms with Gasteiger partial charge in [0.15, 0.2) is 10.8 Å². The van der Waals surface area contributed by atoms with Gasteiger partial charge in [-0.25, -0.2) is 4.98 Å². The number of aromatic nitrogens is 4. The molecule has 0 atom stereocenters. The molecule has 0 aliphatic rings. The molecule has 5 aromatic rings.